The Labute approximate surface area is 127 Å². The van der Waals surface area contributed by atoms with Crippen LogP contribution < -0.4 is 5.32 Å². The molecule has 1 N–H and O–H groups in total. The Morgan fingerprint density at radius 2 is 1.81 bits per heavy atom. The summed E-state index contributed by atoms with van der Waals surface area (Å²) in [6.07, 6.45) is 8.27. The molecule has 0 heterocycles. The SMILES string of the molecule is CCOC(=O)[C@](C#N)(CC1CCCCCCC1)NC(C)=O. The minimum atomic E-state index is -1.54. The lowest BCUT2D eigenvalue weighted by molar-refractivity contribution is -0.151. The van der Waals surface area contributed by atoms with Gasteiger partial charge in [-0.1, -0.05) is 44.9 Å². The number of ether oxygens (including phenoxy) is 1. The van der Waals surface area contributed by atoms with Crippen LogP contribution in [-0.4, -0.2) is 24.0 Å². The summed E-state index contributed by atoms with van der Waals surface area (Å²) < 4.78 is 5.02. The van der Waals surface area contributed by atoms with E-state index in [1.54, 1.807) is 6.92 Å². The molecule has 0 spiro atoms. The summed E-state index contributed by atoms with van der Waals surface area (Å²) in [6.45, 7) is 3.22. The van der Waals surface area contributed by atoms with Gasteiger partial charge >= 0.3 is 5.97 Å². The molecule has 0 unspecified atom stereocenters. The monoisotopic (exact) mass is 294 g/mol. The van der Waals surface area contributed by atoms with Crippen molar-refractivity contribution in [2.75, 3.05) is 6.61 Å². The van der Waals surface area contributed by atoms with Crippen molar-refractivity contribution in [1.82, 2.24) is 5.32 Å². The Morgan fingerprint density at radius 1 is 1.24 bits per heavy atom. The molecule has 0 aromatic rings. The number of hydrogen-bond donors (Lipinski definition) is 1. The first-order valence-corrected chi connectivity index (χ1v) is 7.91. The summed E-state index contributed by atoms with van der Waals surface area (Å²) in [5.41, 5.74) is -1.54. The maximum Gasteiger partial charge on any atom is 0.346 e. The van der Waals surface area contributed by atoms with E-state index in [0.29, 0.717) is 6.42 Å². The van der Waals surface area contributed by atoms with E-state index < -0.39 is 11.5 Å². The molecule has 0 aromatic carbocycles. The molecule has 5 nitrogen and oxygen atoms in total. The van der Waals surface area contributed by atoms with Gasteiger partial charge in [-0.25, -0.2) is 4.79 Å². The maximum absolute atomic E-state index is 12.2. The second-order valence-electron chi connectivity index (χ2n) is 5.83. The third kappa shape index (κ3) is 5.37. The topological polar surface area (TPSA) is 79.2 Å². The zero-order valence-corrected chi connectivity index (χ0v) is 13.1. The number of carbonyl (C=O) groups is 2. The van der Waals surface area contributed by atoms with Crippen molar-refractivity contribution in [2.45, 2.75) is 70.8 Å². The summed E-state index contributed by atoms with van der Waals surface area (Å²) in [6, 6.07) is 2.01. The Morgan fingerprint density at radius 3 is 2.29 bits per heavy atom. The Kier molecular flexibility index (Phi) is 7.21. The molecule has 5 heteroatoms. The van der Waals surface area contributed by atoms with E-state index in [9.17, 15) is 14.9 Å². The smallest absolute Gasteiger partial charge is 0.346 e. The molecule has 0 saturated heterocycles. The molecule has 0 aromatic heterocycles. The van der Waals surface area contributed by atoms with Gasteiger partial charge in [0, 0.05) is 6.92 Å². The van der Waals surface area contributed by atoms with Crippen molar-refractivity contribution in [1.29, 1.82) is 5.26 Å². The highest BCUT2D eigenvalue weighted by atomic mass is 16.5. The molecule has 1 rings (SSSR count). The summed E-state index contributed by atoms with van der Waals surface area (Å²) in [7, 11) is 0. The molecular formula is C16H26N2O3. The van der Waals surface area contributed by atoms with Crippen LogP contribution in [0.15, 0.2) is 0 Å². The van der Waals surface area contributed by atoms with Crippen molar-refractivity contribution >= 4 is 11.9 Å². The number of amides is 1. The van der Waals surface area contributed by atoms with Crippen LogP contribution in [0.25, 0.3) is 0 Å². The van der Waals surface area contributed by atoms with Crippen molar-refractivity contribution in [3.63, 3.8) is 0 Å². The van der Waals surface area contributed by atoms with Crippen molar-refractivity contribution in [3.05, 3.63) is 0 Å². The molecule has 0 radical (unpaired) electrons. The molecule has 1 aliphatic rings. The average molecular weight is 294 g/mol. The fourth-order valence-corrected chi connectivity index (χ4v) is 3.04. The standard InChI is InChI=1S/C16H26N2O3/c1-3-21-15(20)16(12-17,18-13(2)19)11-14-9-7-5-4-6-8-10-14/h14H,3-11H2,1-2H3,(H,18,19)/t16-/m1/s1. The minimum Gasteiger partial charge on any atom is -0.463 e. The molecule has 0 bridgehead atoms. The lowest BCUT2D eigenvalue weighted by atomic mass is 9.81. The normalized spacial score (nSPS) is 19.5. The molecule has 1 fully saturated rings. The van der Waals surface area contributed by atoms with Gasteiger partial charge in [0.15, 0.2) is 0 Å². The summed E-state index contributed by atoms with van der Waals surface area (Å²) in [5.74, 6) is -0.735. The molecule has 1 aliphatic carbocycles. The third-order valence-corrected chi connectivity index (χ3v) is 4.02. The van der Waals surface area contributed by atoms with E-state index in [-0.39, 0.29) is 18.4 Å². The summed E-state index contributed by atoms with van der Waals surface area (Å²) >= 11 is 0. The first kappa shape index (κ1) is 17.5. The van der Waals surface area contributed by atoms with Gasteiger partial charge in [-0.05, 0) is 19.3 Å². The fourth-order valence-electron chi connectivity index (χ4n) is 3.04. The Hall–Kier alpha value is -1.57. The molecule has 21 heavy (non-hydrogen) atoms. The summed E-state index contributed by atoms with van der Waals surface area (Å²) in [5, 5.41) is 12.0. The van der Waals surface area contributed by atoms with Crippen LogP contribution in [0, 0.1) is 17.2 Å². The second kappa shape index (κ2) is 8.66. The molecule has 1 saturated carbocycles. The van der Waals surface area contributed by atoms with E-state index in [4.69, 9.17) is 4.74 Å². The predicted octanol–water partition coefficient (Wildman–Crippen LogP) is 2.70. The van der Waals surface area contributed by atoms with Crippen LogP contribution in [0.5, 0.6) is 0 Å². The van der Waals surface area contributed by atoms with Gasteiger partial charge in [0.05, 0.1) is 6.61 Å². The number of carbonyl (C=O) groups excluding carboxylic acids is 2. The fraction of sp³-hybridized carbons (Fsp3) is 0.812. The molecule has 1 amide bonds. The Balaban J connectivity index is 2.85. The van der Waals surface area contributed by atoms with E-state index in [0.717, 1.165) is 25.7 Å². The van der Waals surface area contributed by atoms with Crippen LogP contribution in [0.4, 0.5) is 0 Å². The average Bonchev–Trinajstić information content (AvgIpc) is 2.40. The van der Waals surface area contributed by atoms with Gasteiger partial charge in [-0.2, -0.15) is 5.26 Å². The molecule has 118 valence electrons. The lowest BCUT2D eigenvalue weighted by Crippen LogP contribution is -2.55. The summed E-state index contributed by atoms with van der Waals surface area (Å²) in [4.78, 5) is 23.6. The minimum absolute atomic E-state index is 0.201. The zero-order chi connectivity index (χ0) is 15.7. The first-order valence-electron chi connectivity index (χ1n) is 7.91. The molecule has 0 aliphatic heterocycles. The van der Waals surface area contributed by atoms with Gasteiger partial charge in [-0.15, -0.1) is 0 Å². The highest BCUT2D eigenvalue weighted by molar-refractivity contribution is 5.90. The van der Waals surface area contributed by atoms with Gasteiger partial charge in [0.25, 0.3) is 0 Å². The number of esters is 1. The Bertz CT molecular complexity index is 395. The second-order valence-corrected chi connectivity index (χ2v) is 5.83. The number of nitrogens with zero attached hydrogens (tertiary/aromatic N) is 1. The molecular weight excluding hydrogens is 268 g/mol. The zero-order valence-electron chi connectivity index (χ0n) is 13.1. The van der Waals surface area contributed by atoms with Crippen molar-refractivity contribution in [3.8, 4) is 6.07 Å². The van der Waals surface area contributed by atoms with Crippen molar-refractivity contribution < 1.29 is 14.3 Å². The number of nitriles is 1. The highest BCUT2D eigenvalue weighted by Crippen LogP contribution is 2.30. The number of hydrogen-bond acceptors (Lipinski definition) is 4. The van der Waals surface area contributed by atoms with Crippen LogP contribution in [0.3, 0.4) is 0 Å². The van der Waals surface area contributed by atoms with Gasteiger partial charge in [0.1, 0.15) is 6.07 Å². The van der Waals surface area contributed by atoms with Gasteiger partial charge < -0.3 is 10.1 Å². The van der Waals surface area contributed by atoms with Crippen LogP contribution in [-0.2, 0) is 14.3 Å². The van der Waals surface area contributed by atoms with E-state index >= 15 is 0 Å². The largest absolute Gasteiger partial charge is 0.463 e. The highest BCUT2D eigenvalue weighted by Gasteiger charge is 2.43. The van der Waals surface area contributed by atoms with Gasteiger partial charge in [-0.3, -0.25) is 4.79 Å². The van der Waals surface area contributed by atoms with E-state index in [2.05, 4.69) is 5.32 Å². The van der Waals surface area contributed by atoms with E-state index in [1.165, 1.54) is 26.2 Å². The number of rotatable bonds is 5. The quantitative estimate of drug-likeness (QED) is 0.791. The predicted molar refractivity (Wildman–Crippen MR) is 79.2 cm³/mol. The first-order chi connectivity index (χ1) is 10.0. The third-order valence-electron chi connectivity index (χ3n) is 4.02. The van der Waals surface area contributed by atoms with Crippen LogP contribution in [0.1, 0.15) is 65.2 Å². The maximum atomic E-state index is 12.2. The molecule has 1 atom stereocenters. The van der Waals surface area contributed by atoms with Gasteiger partial charge in [0.2, 0.25) is 11.4 Å². The van der Waals surface area contributed by atoms with Crippen LogP contribution >= 0.6 is 0 Å². The lowest BCUT2D eigenvalue weighted by Gasteiger charge is -2.30. The van der Waals surface area contributed by atoms with E-state index in [1.807, 2.05) is 6.07 Å². The number of nitrogens with one attached hydrogen (secondary N) is 1. The van der Waals surface area contributed by atoms with Crippen LogP contribution in [0.2, 0.25) is 0 Å². The van der Waals surface area contributed by atoms with Crippen molar-refractivity contribution in [2.24, 2.45) is 5.92 Å².